The van der Waals surface area contributed by atoms with E-state index in [1.54, 1.807) is 13.8 Å². The molecule has 4 aliphatic heterocycles. The Kier molecular flexibility index (Phi) is 8.43. The molecular formula is C25H48O8. The van der Waals surface area contributed by atoms with Crippen LogP contribution in [0.25, 0.3) is 0 Å². The fourth-order valence-corrected chi connectivity index (χ4v) is 5.15. The monoisotopic (exact) mass is 476 g/mol. The standard InChI is InChI=1S/2C12H22O4.CH4/c2*1-6-12(5,13)9-7(2)8-10(14-9)16-11(3,4)15-8;/h2*7-10,13H,6H2,1-5H3;1H4/t7-,8+,9-,10+,12+;7-,8+,9-,10+,12-;/m00./s1. The van der Waals surface area contributed by atoms with Gasteiger partial charge < -0.3 is 38.6 Å². The summed E-state index contributed by atoms with van der Waals surface area (Å²) in [6.45, 7) is 19.1. The van der Waals surface area contributed by atoms with Gasteiger partial charge in [-0.25, -0.2) is 0 Å². The van der Waals surface area contributed by atoms with Crippen LogP contribution in [0.2, 0.25) is 0 Å². The minimum atomic E-state index is -0.819. The van der Waals surface area contributed by atoms with E-state index in [0.29, 0.717) is 12.8 Å². The molecule has 0 spiro atoms. The molecular weight excluding hydrogens is 428 g/mol. The maximum absolute atomic E-state index is 10.2. The number of ether oxygens (including phenoxy) is 6. The Morgan fingerprint density at radius 1 is 0.667 bits per heavy atom. The van der Waals surface area contributed by atoms with E-state index in [1.165, 1.54) is 0 Å². The molecule has 2 N–H and O–H groups in total. The zero-order valence-corrected chi connectivity index (χ0v) is 21.4. The van der Waals surface area contributed by atoms with E-state index in [9.17, 15) is 10.2 Å². The first kappa shape index (κ1) is 28.9. The maximum Gasteiger partial charge on any atom is 0.187 e. The molecule has 196 valence electrons. The minimum absolute atomic E-state index is 0. The second-order valence-corrected chi connectivity index (χ2v) is 11.2. The molecule has 4 fully saturated rings. The Morgan fingerprint density at radius 2 is 0.970 bits per heavy atom. The van der Waals surface area contributed by atoms with Gasteiger partial charge in [-0.15, -0.1) is 0 Å². The van der Waals surface area contributed by atoms with E-state index in [4.69, 9.17) is 28.4 Å². The summed E-state index contributed by atoms with van der Waals surface area (Å²) in [5, 5.41) is 20.5. The van der Waals surface area contributed by atoms with Crippen molar-refractivity contribution in [1.29, 1.82) is 0 Å². The van der Waals surface area contributed by atoms with Gasteiger partial charge in [-0.05, 0) is 54.4 Å². The van der Waals surface area contributed by atoms with E-state index in [-0.39, 0.29) is 56.3 Å². The molecule has 0 aliphatic carbocycles. The van der Waals surface area contributed by atoms with E-state index in [1.807, 2.05) is 55.4 Å². The summed E-state index contributed by atoms with van der Waals surface area (Å²) < 4.78 is 34.5. The number of hydrogen-bond acceptors (Lipinski definition) is 8. The molecule has 0 aromatic carbocycles. The first-order chi connectivity index (χ1) is 14.5. The lowest BCUT2D eigenvalue weighted by molar-refractivity contribution is -0.231. The Bertz CT molecular complexity index is 605. The normalized spacial score (nSPS) is 44.0. The van der Waals surface area contributed by atoms with Gasteiger partial charge in [0.25, 0.3) is 0 Å². The first-order valence-corrected chi connectivity index (χ1v) is 12.0. The third-order valence-corrected chi connectivity index (χ3v) is 7.39. The molecule has 0 amide bonds. The van der Waals surface area contributed by atoms with Crippen molar-refractivity contribution < 1.29 is 38.6 Å². The predicted octanol–water partition coefficient (Wildman–Crippen LogP) is 3.96. The summed E-state index contributed by atoms with van der Waals surface area (Å²) in [7, 11) is 0. The highest BCUT2D eigenvalue weighted by molar-refractivity contribution is 4.99. The summed E-state index contributed by atoms with van der Waals surface area (Å²) in [6.07, 6.45) is 0.0553. The molecule has 0 radical (unpaired) electrons. The Labute approximate surface area is 200 Å². The molecule has 10 atom stereocenters. The van der Waals surface area contributed by atoms with E-state index in [0.717, 1.165) is 0 Å². The molecule has 4 saturated heterocycles. The van der Waals surface area contributed by atoms with Crippen molar-refractivity contribution in [1.82, 2.24) is 0 Å². The fraction of sp³-hybridized carbons (Fsp3) is 1.00. The van der Waals surface area contributed by atoms with Crippen LogP contribution in [-0.2, 0) is 28.4 Å². The van der Waals surface area contributed by atoms with Crippen LogP contribution in [-0.4, -0.2) is 70.0 Å². The van der Waals surface area contributed by atoms with Gasteiger partial charge in [-0.2, -0.15) is 0 Å². The highest BCUT2D eigenvalue weighted by Gasteiger charge is 2.57. The molecule has 4 heterocycles. The quantitative estimate of drug-likeness (QED) is 0.630. The summed E-state index contributed by atoms with van der Waals surface area (Å²) in [6, 6.07) is 0. The predicted molar refractivity (Wildman–Crippen MR) is 124 cm³/mol. The fourth-order valence-electron chi connectivity index (χ4n) is 5.15. The van der Waals surface area contributed by atoms with Crippen LogP contribution in [0.4, 0.5) is 0 Å². The second kappa shape index (κ2) is 9.62. The Hall–Kier alpha value is -0.320. The molecule has 8 heteroatoms. The topological polar surface area (TPSA) is 95.8 Å². The highest BCUT2D eigenvalue weighted by Crippen LogP contribution is 2.45. The average Bonchev–Trinajstić information content (AvgIpc) is 3.34. The molecule has 4 rings (SSSR count). The average molecular weight is 477 g/mol. The summed E-state index contributed by atoms with van der Waals surface area (Å²) >= 11 is 0. The molecule has 0 aromatic rings. The van der Waals surface area contributed by atoms with Gasteiger partial charge in [0.15, 0.2) is 24.2 Å². The Balaban J connectivity index is 0.000000227. The van der Waals surface area contributed by atoms with Gasteiger partial charge in [0.05, 0.1) is 23.4 Å². The molecule has 0 unspecified atom stereocenters. The third-order valence-electron chi connectivity index (χ3n) is 7.39. The zero-order valence-electron chi connectivity index (χ0n) is 21.4. The molecule has 0 saturated carbocycles. The van der Waals surface area contributed by atoms with Crippen molar-refractivity contribution in [2.75, 3.05) is 0 Å². The van der Waals surface area contributed by atoms with Crippen molar-refractivity contribution in [3.63, 3.8) is 0 Å². The summed E-state index contributed by atoms with van der Waals surface area (Å²) in [4.78, 5) is 0. The summed E-state index contributed by atoms with van der Waals surface area (Å²) in [5.74, 6) is -0.873. The van der Waals surface area contributed by atoms with Gasteiger partial charge in [0.1, 0.15) is 12.2 Å². The van der Waals surface area contributed by atoms with E-state index >= 15 is 0 Å². The van der Waals surface area contributed by atoms with Crippen molar-refractivity contribution in [2.24, 2.45) is 11.8 Å². The largest absolute Gasteiger partial charge is 0.387 e. The van der Waals surface area contributed by atoms with Gasteiger partial charge in [0, 0.05) is 11.8 Å². The van der Waals surface area contributed by atoms with E-state index in [2.05, 4.69) is 0 Å². The molecule has 0 bridgehead atoms. The lowest BCUT2D eigenvalue weighted by Gasteiger charge is -2.33. The van der Waals surface area contributed by atoms with Gasteiger partial charge in [-0.3, -0.25) is 0 Å². The molecule has 4 aliphatic rings. The van der Waals surface area contributed by atoms with Crippen molar-refractivity contribution in [2.45, 2.75) is 149 Å². The minimum Gasteiger partial charge on any atom is -0.387 e. The highest BCUT2D eigenvalue weighted by atomic mass is 16.8. The van der Waals surface area contributed by atoms with Crippen LogP contribution in [0, 0.1) is 11.8 Å². The van der Waals surface area contributed by atoms with Crippen LogP contribution >= 0.6 is 0 Å². The second-order valence-electron chi connectivity index (χ2n) is 11.2. The van der Waals surface area contributed by atoms with Crippen LogP contribution in [0.15, 0.2) is 0 Å². The van der Waals surface area contributed by atoms with Crippen molar-refractivity contribution >= 4 is 0 Å². The van der Waals surface area contributed by atoms with Crippen molar-refractivity contribution in [3.8, 4) is 0 Å². The van der Waals surface area contributed by atoms with Gasteiger partial charge >= 0.3 is 0 Å². The lowest BCUT2D eigenvalue weighted by atomic mass is 9.86. The molecule has 33 heavy (non-hydrogen) atoms. The maximum atomic E-state index is 10.2. The number of aliphatic hydroxyl groups is 2. The number of fused-ring (bicyclic) bond motifs is 2. The smallest absolute Gasteiger partial charge is 0.187 e. The van der Waals surface area contributed by atoms with Crippen LogP contribution in [0.5, 0.6) is 0 Å². The van der Waals surface area contributed by atoms with Crippen LogP contribution in [0.1, 0.15) is 89.5 Å². The number of hydrogen-bond donors (Lipinski definition) is 2. The third kappa shape index (κ3) is 5.75. The SMILES string of the molecule is C.CC[C@@](C)(O)[C@H]1O[C@@H]2OC(C)(C)O[C@@H]2[C@@H]1C.CC[C@](C)(O)[C@H]1O[C@@H]2OC(C)(C)O[C@@H]2[C@@H]1C. The van der Waals surface area contributed by atoms with E-state index < -0.39 is 22.8 Å². The number of rotatable bonds is 4. The molecule has 8 nitrogen and oxygen atoms in total. The zero-order chi connectivity index (χ0) is 24.3. The van der Waals surface area contributed by atoms with Gasteiger partial charge in [-0.1, -0.05) is 35.1 Å². The van der Waals surface area contributed by atoms with Crippen molar-refractivity contribution in [3.05, 3.63) is 0 Å². The first-order valence-electron chi connectivity index (χ1n) is 12.0. The van der Waals surface area contributed by atoms with Crippen LogP contribution in [0.3, 0.4) is 0 Å². The summed E-state index contributed by atoms with van der Waals surface area (Å²) in [5.41, 5.74) is -1.64. The molecule has 0 aromatic heterocycles. The van der Waals surface area contributed by atoms with Gasteiger partial charge in [0.2, 0.25) is 0 Å². The Morgan fingerprint density at radius 3 is 1.21 bits per heavy atom. The van der Waals surface area contributed by atoms with Crippen LogP contribution < -0.4 is 0 Å². The lowest BCUT2D eigenvalue weighted by Crippen LogP contribution is -2.44.